The Kier molecular flexibility index (Phi) is 8.96. The predicted octanol–water partition coefficient (Wildman–Crippen LogP) is 5.27. The van der Waals surface area contributed by atoms with E-state index < -0.39 is 6.03 Å². The zero-order chi connectivity index (χ0) is 24.5. The number of para-hydroxylation sites is 1. The monoisotopic (exact) mass is 516 g/mol. The first kappa shape index (κ1) is 25.0. The fourth-order valence-corrected chi connectivity index (χ4v) is 3.95. The Morgan fingerprint density at radius 1 is 1.00 bits per heavy atom. The van der Waals surface area contributed by atoms with Crippen LogP contribution in [0.25, 0.3) is 0 Å². The van der Waals surface area contributed by atoms with Crippen molar-refractivity contribution >= 4 is 52.2 Å². The second kappa shape index (κ2) is 12.6. The van der Waals surface area contributed by atoms with Crippen LogP contribution in [0.2, 0.25) is 10.0 Å². The van der Waals surface area contributed by atoms with E-state index in [0.717, 1.165) is 50.7 Å². The number of rotatable bonds is 9. The van der Waals surface area contributed by atoms with Gasteiger partial charge in [0, 0.05) is 31.4 Å². The van der Waals surface area contributed by atoms with Crippen molar-refractivity contribution in [1.82, 2.24) is 14.9 Å². The minimum Gasteiger partial charge on any atom is -0.494 e. The van der Waals surface area contributed by atoms with Crippen LogP contribution in [0.3, 0.4) is 0 Å². The lowest BCUT2D eigenvalue weighted by atomic mass is 10.3. The fraction of sp³-hybridized carbons (Fsp3) is 0.292. The number of amides is 2. The van der Waals surface area contributed by atoms with Crippen molar-refractivity contribution < 1.29 is 14.3 Å². The maximum absolute atomic E-state index is 12.3. The number of nitrogens with one attached hydrogen (secondary N) is 3. The molecule has 35 heavy (non-hydrogen) atoms. The predicted molar refractivity (Wildman–Crippen MR) is 138 cm³/mol. The number of morpholine rings is 1. The van der Waals surface area contributed by atoms with Crippen molar-refractivity contribution in [2.24, 2.45) is 0 Å². The lowest BCUT2D eigenvalue weighted by Gasteiger charge is -2.26. The average molecular weight is 517 g/mol. The number of ether oxygens (including phenoxy) is 2. The summed E-state index contributed by atoms with van der Waals surface area (Å²) >= 11 is 12.2. The highest BCUT2D eigenvalue weighted by molar-refractivity contribution is 6.39. The van der Waals surface area contributed by atoms with Crippen LogP contribution in [0.1, 0.15) is 6.42 Å². The van der Waals surface area contributed by atoms with Gasteiger partial charge in [-0.2, -0.15) is 0 Å². The molecule has 184 valence electrons. The topological polar surface area (TPSA) is 101 Å². The van der Waals surface area contributed by atoms with Gasteiger partial charge < -0.3 is 20.1 Å². The third-order valence-corrected chi connectivity index (χ3v) is 5.86. The van der Waals surface area contributed by atoms with Crippen LogP contribution in [-0.2, 0) is 4.74 Å². The Labute approximate surface area is 213 Å². The second-order valence-corrected chi connectivity index (χ2v) is 8.58. The van der Waals surface area contributed by atoms with Crippen molar-refractivity contribution in [3.8, 4) is 5.75 Å². The number of nitrogens with zero attached hydrogens (tertiary/aromatic N) is 3. The number of benzene rings is 2. The summed E-state index contributed by atoms with van der Waals surface area (Å²) in [6.07, 6.45) is 2.32. The van der Waals surface area contributed by atoms with Crippen LogP contribution in [0.4, 0.5) is 27.8 Å². The lowest BCUT2D eigenvalue weighted by Crippen LogP contribution is -2.37. The van der Waals surface area contributed by atoms with Crippen molar-refractivity contribution in [1.29, 1.82) is 0 Å². The van der Waals surface area contributed by atoms with Gasteiger partial charge in [-0.3, -0.25) is 10.2 Å². The van der Waals surface area contributed by atoms with E-state index in [1.165, 1.54) is 6.33 Å². The molecule has 1 fully saturated rings. The van der Waals surface area contributed by atoms with Gasteiger partial charge in [-0.05, 0) is 42.8 Å². The third kappa shape index (κ3) is 7.69. The molecule has 0 unspecified atom stereocenters. The standard InChI is InChI=1S/C24H26Cl2N6O3/c25-19-3-1-4-20(26)23(19)31-24(33)30-22-15-21(27-16-28-22)29-17-5-7-18(8-6-17)35-12-2-9-32-10-13-34-14-11-32/h1,3-8,15-16H,2,9-14H2,(H3,27,28,29,30,31,33). The van der Waals surface area contributed by atoms with Gasteiger partial charge in [0.15, 0.2) is 0 Å². The highest BCUT2D eigenvalue weighted by atomic mass is 35.5. The Hall–Kier alpha value is -3.11. The third-order valence-electron chi connectivity index (χ3n) is 5.23. The van der Waals surface area contributed by atoms with Gasteiger partial charge >= 0.3 is 6.03 Å². The van der Waals surface area contributed by atoms with Crippen LogP contribution in [0, 0.1) is 0 Å². The first-order chi connectivity index (χ1) is 17.1. The summed E-state index contributed by atoms with van der Waals surface area (Å²) in [7, 11) is 0. The van der Waals surface area contributed by atoms with Crippen molar-refractivity contribution in [2.75, 3.05) is 55.4 Å². The molecule has 0 saturated carbocycles. The van der Waals surface area contributed by atoms with E-state index in [0.29, 0.717) is 34.0 Å². The second-order valence-electron chi connectivity index (χ2n) is 7.77. The summed E-state index contributed by atoms with van der Waals surface area (Å²) in [4.78, 5) is 23.0. The maximum atomic E-state index is 12.3. The molecular weight excluding hydrogens is 491 g/mol. The van der Waals surface area contributed by atoms with Gasteiger partial charge in [0.2, 0.25) is 0 Å². The number of hydrogen-bond donors (Lipinski definition) is 3. The number of carbonyl (C=O) groups excluding carboxylic acids is 1. The van der Waals surface area contributed by atoms with E-state index >= 15 is 0 Å². The molecule has 9 nitrogen and oxygen atoms in total. The van der Waals surface area contributed by atoms with Gasteiger partial charge in [-0.15, -0.1) is 0 Å². The Bertz CT molecular complexity index is 1110. The van der Waals surface area contributed by atoms with Crippen LogP contribution < -0.4 is 20.7 Å². The van der Waals surface area contributed by atoms with Gasteiger partial charge in [0.05, 0.1) is 35.6 Å². The first-order valence-corrected chi connectivity index (χ1v) is 12.0. The molecule has 0 spiro atoms. The highest BCUT2D eigenvalue weighted by Gasteiger charge is 2.11. The summed E-state index contributed by atoms with van der Waals surface area (Å²) in [6.45, 7) is 5.26. The van der Waals surface area contributed by atoms with Crippen molar-refractivity contribution in [2.45, 2.75) is 6.42 Å². The molecule has 1 saturated heterocycles. The van der Waals surface area contributed by atoms with Crippen LogP contribution in [-0.4, -0.2) is 60.4 Å². The molecule has 2 heterocycles. The molecule has 11 heteroatoms. The molecule has 3 N–H and O–H groups in total. The molecule has 0 radical (unpaired) electrons. The molecule has 1 aromatic heterocycles. The Morgan fingerprint density at radius 3 is 2.46 bits per heavy atom. The number of hydrogen-bond acceptors (Lipinski definition) is 7. The smallest absolute Gasteiger partial charge is 0.324 e. The van der Waals surface area contributed by atoms with Crippen molar-refractivity contribution in [3.63, 3.8) is 0 Å². The van der Waals surface area contributed by atoms with Crippen LogP contribution in [0.15, 0.2) is 54.9 Å². The molecule has 2 amide bonds. The van der Waals surface area contributed by atoms with E-state index in [-0.39, 0.29) is 0 Å². The first-order valence-electron chi connectivity index (χ1n) is 11.2. The number of carbonyl (C=O) groups is 1. The lowest BCUT2D eigenvalue weighted by molar-refractivity contribution is 0.0358. The molecule has 4 rings (SSSR count). The summed E-state index contributed by atoms with van der Waals surface area (Å²) in [6, 6.07) is 13.7. The van der Waals surface area contributed by atoms with Gasteiger partial charge in [-0.1, -0.05) is 29.3 Å². The molecule has 0 bridgehead atoms. The Balaban J connectivity index is 1.25. The molecule has 1 aliphatic heterocycles. The van der Waals surface area contributed by atoms with Crippen LogP contribution >= 0.6 is 23.2 Å². The van der Waals surface area contributed by atoms with Gasteiger partial charge in [-0.25, -0.2) is 14.8 Å². The largest absolute Gasteiger partial charge is 0.494 e. The Morgan fingerprint density at radius 2 is 1.71 bits per heavy atom. The van der Waals surface area contributed by atoms with E-state index in [2.05, 4.69) is 30.8 Å². The normalized spacial score (nSPS) is 13.8. The number of halogens is 2. The molecule has 0 atom stereocenters. The molecule has 0 aliphatic carbocycles. The summed E-state index contributed by atoms with van der Waals surface area (Å²) in [5.74, 6) is 1.63. The van der Waals surface area contributed by atoms with Gasteiger partial charge in [0.1, 0.15) is 23.7 Å². The minimum atomic E-state index is -0.528. The SMILES string of the molecule is O=C(Nc1cc(Nc2ccc(OCCCN3CCOCC3)cc2)ncn1)Nc1c(Cl)cccc1Cl. The summed E-state index contributed by atoms with van der Waals surface area (Å²) < 4.78 is 11.2. The number of anilines is 4. The zero-order valence-corrected chi connectivity index (χ0v) is 20.5. The van der Waals surface area contributed by atoms with E-state index in [1.54, 1.807) is 24.3 Å². The summed E-state index contributed by atoms with van der Waals surface area (Å²) in [5, 5.41) is 9.12. The summed E-state index contributed by atoms with van der Waals surface area (Å²) in [5.41, 5.74) is 1.15. The molecule has 1 aliphatic rings. The number of aromatic nitrogens is 2. The molecular formula is C24H26Cl2N6O3. The van der Waals surface area contributed by atoms with E-state index in [1.807, 2.05) is 24.3 Å². The fourth-order valence-electron chi connectivity index (χ4n) is 3.46. The molecule has 2 aromatic carbocycles. The number of urea groups is 1. The van der Waals surface area contributed by atoms with Crippen LogP contribution in [0.5, 0.6) is 5.75 Å². The van der Waals surface area contributed by atoms with Crippen molar-refractivity contribution in [3.05, 3.63) is 64.9 Å². The maximum Gasteiger partial charge on any atom is 0.324 e. The minimum absolute atomic E-state index is 0.309. The quantitative estimate of drug-likeness (QED) is 0.333. The molecule has 3 aromatic rings. The van der Waals surface area contributed by atoms with E-state index in [4.69, 9.17) is 32.7 Å². The zero-order valence-electron chi connectivity index (χ0n) is 19.0. The van der Waals surface area contributed by atoms with Gasteiger partial charge in [0.25, 0.3) is 0 Å². The average Bonchev–Trinajstić information content (AvgIpc) is 2.86. The highest BCUT2D eigenvalue weighted by Crippen LogP contribution is 2.30. The van der Waals surface area contributed by atoms with E-state index in [9.17, 15) is 4.79 Å².